The Balaban J connectivity index is 1.79. The largest absolute Gasteiger partial charge is 0.383 e. The first kappa shape index (κ1) is 15.3. The molecule has 2 bridgehead atoms. The minimum absolute atomic E-state index is 0.518. The van der Waals surface area contributed by atoms with Gasteiger partial charge < -0.3 is 14.8 Å². The molecule has 0 amide bonds. The number of ether oxygens (including phenoxy) is 2. The normalized spacial score (nSPS) is 33.2. The Bertz CT molecular complexity index is 245. The fraction of sp³-hybridized carbons (Fsp3) is 1.00. The van der Waals surface area contributed by atoms with E-state index >= 15 is 0 Å². The molecular formula is C16H31NO2. The highest BCUT2D eigenvalue weighted by Crippen LogP contribution is 2.57. The van der Waals surface area contributed by atoms with Crippen molar-refractivity contribution in [3.8, 4) is 0 Å². The van der Waals surface area contributed by atoms with Crippen LogP contribution < -0.4 is 5.32 Å². The monoisotopic (exact) mass is 269 g/mol. The van der Waals surface area contributed by atoms with Crippen molar-refractivity contribution in [3.05, 3.63) is 0 Å². The van der Waals surface area contributed by atoms with Crippen molar-refractivity contribution in [2.45, 2.75) is 45.4 Å². The summed E-state index contributed by atoms with van der Waals surface area (Å²) in [5.74, 6) is 1.94. The molecule has 0 spiro atoms. The lowest BCUT2D eigenvalue weighted by molar-refractivity contribution is 0.0617. The van der Waals surface area contributed by atoms with Crippen LogP contribution in [0.2, 0.25) is 0 Å². The highest BCUT2D eigenvalue weighted by atomic mass is 16.5. The molecule has 0 saturated heterocycles. The van der Waals surface area contributed by atoms with E-state index in [1.807, 2.05) is 0 Å². The Morgan fingerprint density at radius 2 is 2.11 bits per heavy atom. The molecule has 0 aromatic carbocycles. The predicted octanol–water partition coefficient (Wildman–Crippen LogP) is 2.85. The lowest BCUT2D eigenvalue weighted by Gasteiger charge is -2.38. The molecule has 3 atom stereocenters. The maximum atomic E-state index is 5.75. The van der Waals surface area contributed by atoms with Crippen molar-refractivity contribution in [1.82, 2.24) is 5.32 Å². The number of nitrogens with one attached hydrogen (secondary N) is 1. The van der Waals surface area contributed by atoms with Crippen molar-refractivity contribution in [2.24, 2.45) is 17.3 Å². The zero-order chi connectivity index (χ0) is 13.6. The van der Waals surface area contributed by atoms with Crippen molar-refractivity contribution >= 4 is 0 Å². The van der Waals surface area contributed by atoms with E-state index in [9.17, 15) is 0 Å². The van der Waals surface area contributed by atoms with Gasteiger partial charge in [0.15, 0.2) is 0 Å². The Morgan fingerprint density at radius 1 is 1.21 bits per heavy atom. The highest BCUT2D eigenvalue weighted by Gasteiger charge is 2.49. The van der Waals surface area contributed by atoms with E-state index in [4.69, 9.17) is 9.47 Å². The van der Waals surface area contributed by atoms with Crippen molar-refractivity contribution in [1.29, 1.82) is 0 Å². The van der Waals surface area contributed by atoms with E-state index < -0.39 is 0 Å². The first-order valence-electron chi connectivity index (χ1n) is 8.08. The zero-order valence-electron chi connectivity index (χ0n) is 12.7. The lowest BCUT2D eigenvalue weighted by atomic mass is 9.71. The van der Waals surface area contributed by atoms with Crippen LogP contribution in [0.15, 0.2) is 0 Å². The van der Waals surface area contributed by atoms with Gasteiger partial charge in [-0.05, 0) is 49.4 Å². The zero-order valence-corrected chi connectivity index (χ0v) is 12.7. The number of methoxy groups -OCH3 is 1. The average Bonchev–Trinajstić information content (AvgIpc) is 3.01. The Kier molecular flexibility index (Phi) is 6.11. The molecule has 3 heteroatoms. The first-order chi connectivity index (χ1) is 9.30. The molecule has 2 aliphatic carbocycles. The molecule has 2 aliphatic rings. The Morgan fingerprint density at radius 3 is 2.74 bits per heavy atom. The second kappa shape index (κ2) is 7.61. The van der Waals surface area contributed by atoms with Crippen LogP contribution in [-0.4, -0.2) is 40.0 Å². The maximum absolute atomic E-state index is 5.75. The standard InChI is InChI=1S/C16H31NO2/c1-3-8-19-9-6-16(13-17-7-10-18-2)12-14-4-5-15(16)11-14/h14-15,17H,3-13H2,1-2H3. The molecule has 0 heterocycles. The molecule has 0 aromatic heterocycles. The molecule has 3 unspecified atom stereocenters. The van der Waals surface area contributed by atoms with Crippen LogP contribution >= 0.6 is 0 Å². The fourth-order valence-electron chi connectivity index (χ4n) is 4.20. The Labute approximate surface area is 118 Å². The van der Waals surface area contributed by atoms with Crippen LogP contribution in [0.4, 0.5) is 0 Å². The summed E-state index contributed by atoms with van der Waals surface area (Å²) in [6.07, 6.45) is 8.19. The van der Waals surface area contributed by atoms with Gasteiger partial charge >= 0.3 is 0 Å². The quantitative estimate of drug-likeness (QED) is 0.619. The molecule has 3 nitrogen and oxygen atoms in total. The van der Waals surface area contributed by atoms with Crippen LogP contribution in [0.25, 0.3) is 0 Å². The van der Waals surface area contributed by atoms with E-state index in [2.05, 4.69) is 12.2 Å². The summed E-state index contributed by atoms with van der Waals surface area (Å²) in [6, 6.07) is 0. The molecule has 1 N–H and O–H groups in total. The second-order valence-corrected chi connectivity index (χ2v) is 6.47. The van der Waals surface area contributed by atoms with E-state index in [-0.39, 0.29) is 0 Å². The van der Waals surface area contributed by atoms with Crippen LogP contribution in [0.3, 0.4) is 0 Å². The summed E-state index contributed by atoms with van der Waals surface area (Å²) in [7, 11) is 1.77. The molecule has 0 radical (unpaired) electrons. The van der Waals surface area contributed by atoms with E-state index in [1.165, 1.54) is 32.1 Å². The smallest absolute Gasteiger partial charge is 0.0587 e. The summed E-state index contributed by atoms with van der Waals surface area (Å²) in [4.78, 5) is 0. The minimum Gasteiger partial charge on any atom is -0.383 e. The van der Waals surface area contributed by atoms with Crippen molar-refractivity contribution in [3.63, 3.8) is 0 Å². The molecule has 112 valence electrons. The van der Waals surface area contributed by atoms with Gasteiger partial charge in [0, 0.05) is 33.4 Å². The van der Waals surface area contributed by atoms with Crippen LogP contribution in [0, 0.1) is 17.3 Å². The summed E-state index contributed by atoms with van der Waals surface area (Å²) in [5.41, 5.74) is 0.518. The number of rotatable bonds is 10. The topological polar surface area (TPSA) is 30.5 Å². The van der Waals surface area contributed by atoms with Crippen LogP contribution in [0.5, 0.6) is 0 Å². The number of hydrogen-bond acceptors (Lipinski definition) is 3. The van der Waals surface area contributed by atoms with Crippen LogP contribution in [0.1, 0.15) is 45.4 Å². The average molecular weight is 269 g/mol. The summed E-state index contributed by atoms with van der Waals surface area (Å²) in [5, 5.41) is 3.61. The van der Waals surface area contributed by atoms with Gasteiger partial charge in [-0.2, -0.15) is 0 Å². The second-order valence-electron chi connectivity index (χ2n) is 6.47. The van der Waals surface area contributed by atoms with Gasteiger partial charge in [0.1, 0.15) is 0 Å². The first-order valence-corrected chi connectivity index (χ1v) is 8.08. The van der Waals surface area contributed by atoms with Crippen molar-refractivity contribution < 1.29 is 9.47 Å². The lowest BCUT2D eigenvalue weighted by Crippen LogP contribution is -2.40. The third-order valence-corrected chi connectivity index (χ3v) is 5.16. The van der Waals surface area contributed by atoms with Gasteiger partial charge in [-0.25, -0.2) is 0 Å². The van der Waals surface area contributed by atoms with Gasteiger partial charge in [0.2, 0.25) is 0 Å². The molecule has 19 heavy (non-hydrogen) atoms. The van der Waals surface area contributed by atoms with E-state index in [0.29, 0.717) is 5.41 Å². The highest BCUT2D eigenvalue weighted by molar-refractivity contribution is 5.01. The number of fused-ring (bicyclic) bond motifs is 2. The van der Waals surface area contributed by atoms with Gasteiger partial charge in [-0.3, -0.25) is 0 Å². The minimum atomic E-state index is 0.518. The molecule has 2 rings (SSSR count). The Hall–Kier alpha value is -0.120. The molecule has 2 saturated carbocycles. The predicted molar refractivity (Wildman–Crippen MR) is 78.4 cm³/mol. The van der Waals surface area contributed by atoms with Gasteiger partial charge in [0.25, 0.3) is 0 Å². The summed E-state index contributed by atoms with van der Waals surface area (Å²) in [6.45, 7) is 7.00. The fourth-order valence-corrected chi connectivity index (χ4v) is 4.20. The maximum Gasteiger partial charge on any atom is 0.0587 e. The van der Waals surface area contributed by atoms with Crippen molar-refractivity contribution in [2.75, 3.05) is 40.0 Å². The number of hydrogen-bond donors (Lipinski definition) is 1. The third-order valence-electron chi connectivity index (χ3n) is 5.16. The van der Waals surface area contributed by atoms with E-state index in [0.717, 1.165) is 51.2 Å². The van der Waals surface area contributed by atoms with Crippen LogP contribution in [-0.2, 0) is 9.47 Å². The van der Waals surface area contributed by atoms with Gasteiger partial charge in [0.05, 0.1) is 6.61 Å². The molecule has 2 fully saturated rings. The van der Waals surface area contributed by atoms with Gasteiger partial charge in [-0.15, -0.1) is 0 Å². The molecular weight excluding hydrogens is 238 g/mol. The summed E-state index contributed by atoms with van der Waals surface area (Å²) < 4.78 is 10.9. The third kappa shape index (κ3) is 3.93. The van der Waals surface area contributed by atoms with Gasteiger partial charge in [-0.1, -0.05) is 13.3 Å². The summed E-state index contributed by atoms with van der Waals surface area (Å²) >= 11 is 0. The SMILES string of the molecule is CCCOCCC1(CNCCOC)CC2CCC1C2. The molecule has 0 aliphatic heterocycles. The molecule has 0 aromatic rings. The van der Waals surface area contributed by atoms with E-state index in [1.54, 1.807) is 7.11 Å².